The third-order valence-corrected chi connectivity index (χ3v) is 2.40. The Kier molecular flexibility index (Phi) is 4.87. The molecule has 1 heterocycles. The molecule has 0 aliphatic carbocycles. The summed E-state index contributed by atoms with van der Waals surface area (Å²) >= 11 is 0. The van der Waals surface area contributed by atoms with Gasteiger partial charge in [-0.25, -0.2) is 4.79 Å². The fourth-order valence-electron chi connectivity index (χ4n) is 1.52. The number of carbonyl (C=O) groups is 1. The van der Waals surface area contributed by atoms with E-state index in [1.807, 2.05) is 0 Å². The standard InChI is InChI=1S/C11H18N2O2/c1-2-3-4-5-6-7-9-8-10(11(14)15)13-12-9/h8H,2-7H2,1H3,(H,12,13)(H,14,15). The maximum Gasteiger partial charge on any atom is 0.356 e. The molecule has 0 bridgehead atoms. The number of carboxylic acids is 1. The lowest BCUT2D eigenvalue weighted by Crippen LogP contribution is -1.95. The first-order valence-electron chi connectivity index (χ1n) is 5.51. The lowest BCUT2D eigenvalue weighted by molar-refractivity contribution is 0.0690. The van der Waals surface area contributed by atoms with Crippen molar-refractivity contribution in [3.63, 3.8) is 0 Å². The number of hydrogen-bond acceptors (Lipinski definition) is 2. The van der Waals surface area contributed by atoms with E-state index in [2.05, 4.69) is 17.1 Å². The predicted molar refractivity (Wildman–Crippen MR) is 58.0 cm³/mol. The van der Waals surface area contributed by atoms with Gasteiger partial charge in [-0.2, -0.15) is 5.10 Å². The normalized spacial score (nSPS) is 10.5. The first-order valence-corrected chi connectivity index (χ1v) is 5.51. The van der Waals surface area contributed by atoms with Crippen LogP contribution >= 0.6 is 0 Å². The van der Waals surface area contributed by atoms with Crippen LogP contribution in [0.15, 0.2) is 6.07 Å². The SMILES string of the molecule is CCCCCCCc1cc(C(=O)O)n[nH]1. The summed E-state index contributed by atoms with van der Waals surface area (Å²) in [6.07, 6.45) is 6.98. The number of nitrogens with zero attached hydrogens (tertiary/aromatic N) is 1. The molecular weight excluding hydrogens is 192 g/mol. The molecule has 1 aromatic heterocycles. The summed E-state index contributed by atoms with van der Waals surface area (Å²) in [6, 6.07) is 1.61. The Morgan fingerprint density at radius 1 is 1.40 bits per heavy atom. The van der Waals surface area contributed by atoms with Gasteiger partial charge in [0.15, 0.2) is 5.69 Å². The number of aromatic nitrogens is 2. The van der Waals surface area contributed by atoms with Crippen LogP contribution in [0.25, 0.3) is 0 Å². The quantitative estimate of drug-likeness (QED) is 0.680. The molecule has 0 aliphatic rings. The highest BCUT2D eigenvalue weighted by molar-refractivity contribution is 5.85. The van der Waals surface area contributed by atoms with E-state index in [0.29, 0.717) is 0 Å². The summed E-state index contributed by atoms with van der Waals surface area (Å²) in [6.45, 7) is 2.19. The monoisotopic (exact) mass is 210 g/mol. The number of hydrogen-bond donors (Lipinski definition) is 2. The van der Waals surface area contributed by atoms with Gasteiger partial charge in [-0.1, -0.05) is 32.6 Å². The van der Waals surface area contributed by atoms with Crippen molar-refractivity contribution in [3.8, 4) is 0 Å². The molecule has 0 unspecified atom stereocenters. The molecule has 0 radical (unpaired) electrons. The van der Waals surface area contributed by atoms with E-state index in [0.717, 1.165) is 18.5 Å². The maximum atomic E-state index is 10.5. The minimum absolute atomic E-state index is 0.110. The van der Waals surface area contributed by atoms with Crippen LogP contribution < -0.4 is 0 Å². The van der Waals surface area contributed by atoms with Crippen molar-refractivity contribution in [1.82, 2.24) is 10.2 Å². The molecule has 1 rings (SSSR count). The Morgan fingerprint density at radius 2 is 2.13 bits per heavy atom. The Labute approximate surface area is 89.7 Å². The van der Waals surface area contributed by atoms with Crippen molar-refractivity contribution >= 4 is 5.97 Å². The lowest BCUT2D eigenvalue weighted by atomic mass is 10.1. The molecule has 84 valence electrons. The number of unbranched alkanes of at least 4 members (excludes halogenated alkanes) is 4. The van der Waals surface area contributed by atoms with Gasteiger partial charge >= 0.3 is 5.97 Å². The minimum atomic E-state index is -0.969. The van der Waals surface area contributed by atoms with E-state index in [1.165, 1.54) is 25.7 Å². The smallest absolute Gasteiger partial charge is 0.356 e. The largest absolute Gasteiger partial charge is 0.476 e. The molecular formula is C11H18N2O2. The Hall–Kier alpha value is -1.32. The van der Waals surface area contributed by atoms with Gasteiger partial charge in [0.25, 0.3) is 0 Å². The van der Waals surface area contributed by atoms with Gasteiger partial charge in [0.05, 0.1) is 0 Å². The molecule has 4 nitrogen and oxygen atoms in total. The molecule has 0 fully saturated rings. The minimum Gasteiger partial charge on any atom is -0.476 e. The highest BCUT2D eigenvalue weighted by Gasteiger charge is 2.07. The first kappa shape index (κ1) is 11.8. The summed E-state index contributed by atoms with van der Waals surface area (Å²) < 4.78 is 0. The van der Waals surface area contributed by atoms with E-state index >= 15 is 0 Å². The molecule has 0 amide bonds. The zero-order chi connectivity index (χ0) is 11.1. The van der Waals surface area contributed by atoms with Crippen LogP contribution in [0, 0.1) is 0 Å². The van der Waals surface area contributed by atoms with Crippen LogP contribution in [0.1, 0.15) is 55.2 Å². The van der Waals surface area contributed by atoms with Crippen LogP contribution in [-0.4, -0.2) is 21.3 Å². The summed E-state index contributed by atoms with van der Waals surface area (Å²) in [5, 5.41) is 15.1. The zero-order valence-corrected chi connectivity index (χ0v) is 9.12. The summed E-state index contributed by atoms with van der Waals surface area (Å²) in [4.78, 5) is 10.5. The summed E-state index contributed by atoms with van der Waals surface area (Å²) in [5.74, 6) is -0.969. The fraction of sp³-hybridized carbons (Fsp3) is 0.636. The Morgan fingerprint density at radius 3 is 2.73 bits per heavy atom. The Balaban J connectivity index is 2.23. The molecule has 0 saturated heterocycles. The molecule has 0 atom stereocenters. The van der Waals surface area contributed by atoms with Crippen molar-refractivity contribution in [1.29, 1.82) is 0 Å². The molecule has 1 aromatic rings. The average molecular weight is 210 g/mol. The molecule has 0 spiro atoms. The van der Waals surface area contributed by atoms with Crippen molar-refractivity contribution in [3.05, 3.63) is 17.5 Å². The van der Waals surface area contributed by atoms with Crippen molar-refractivity contribution < 1.29 is 9.90 Å². The van der Waals surface area contributed by atoms with Crippen LogP contribution in [-0.2, 0) is 6.42 Å². The van der Waals surface area contributed by atoms with Gasteiger partial charge in [0.2, 0.25) is 0 Å². The van der Waals surface area contributed by atoms with E-state index in [9.17, 15) is 4.79 Å². The number of aromatic amines is 1. The maximum absolute atomic E-state index is 10.5. The molecule has 4 heteroatoms. The Bertz CT molecular complexity index is 307. The molecule has 0 saturated carbocycles. The van der Waals surface area contributed by atoms with E-state index in [1.54, 1.807) is 6.07 Å². The van der Waals surface area contributed by atoms with Crippen LogP contribution in [0.4, 0.5) is 0 Å². The molecule has 0 aromatic carbocycles. The van der Waals surface area contributed by atoms with Crippen molar-refractivity contribution in [2.75, 3.05) is 0 Å². The molecule has 15 heavy (non-hydrogen) atoms. The second kappa shape index (κ2) is 6.22. The van der Waals surface area contributed by atoms with E-state index in [4.69, 9.17) is 5.11 Å². The molecule has 0 aliphatic heterocycles. The van der Waals surface area contributed by atoms with Crippen molar-refractivity contribution in [2.24, 2.45) is 0 Å². The highest BCUT2D eigenvalue weighted by atomic mass is 16.4. The number of carboxylic acid groups (broad SMARTS) is 1. The lowest BCUT2D eigenvalue weighted by Gasteiger charge is -1.97. The topological polar surface area (TPSA) is 66.0 Å². The van der Waals surface area contributed by atoms with Gasteiger partial charge in [0, 0.05) is 5.69 Å². The predicted octanol–water partition coefficient (Wildman–Crippen LogP) is 2.62. The van der Waals surface area contributed by atoms with Crippen molar-refractivity contribution in [2.45, 2.75) is 45.4 Å². The number of rotatable bonds is 7. The third-order valence-electron chi connectivity index (χ3n) is 2.40. The first-order chi connectivity index (χ1) is 7.24. The van der Waals surface area contributed by atoms with Gasteiger partial charge < -0.3 is 5.11 Å². The number of aryl methyl sites for hydroxylation is 1. The fourth-order valence-corrected chi connectivity index (χ4v) is 1.52. The summed E-state index contributed by atoms with van der Waals surface area (Å²) in [7, 11) is 0. The zero-order valence-electron chi connectivity index (χ0n) is 9.12. The van der Waals surface area contributed by atoms with E-state index in [-0.39, 0.29) is 5.69 Å². The van der Waals surface area contributed by atoms with Gasteiger partial charge in [0.1, 0.15) is 0 Å². The van der Waals surface area contributed by atoms with Crippen LogP contribution in [0.3, 0.4) is 0 Å². The third kappa shape index (κ3) is 4.14. The highest BCUT2D eigenvalue weighted by Crippen LogP contribution is 2.08. The van der Waals surface area contributed by atoms with Gasteiger partial charge in [-0.3, -0.25) is 5.10 Å². The number of nitrogens with one attached hydrogen (secondary N) is 1. The van der Waals surface area contributed by atoms with Gasteiger partial charge in [-0.05, 0) is 18.9 Å². The van der Waals surface area contributed by atoms with Crippen LogP contribution in [0.2, 0.25) is 0 Å². The summed E-state index contributed by atoms with van der Waals surface area (Å²) in [5.41, 5.74) is 1.03. The number of aromatic carboxylic acids is 1. The van der Waals surface area contributed by atoms with Gasteiger partial charge in [-0.15, -0.1) is 0 Å². The second-order valence-electron chi connectivity index (χ2n) is 3.75. The van der Waals surface area contributed by atoms with Crippen LogP contribution in [0.5, 0.6) is 0 Å². The molecule has 2 N–H and O–H groups in total. The number of H-pyrrole nitrogens is 1. The van der Waals surface area contributed by atoms with E-state index < -0.39 is 5.97 Å². The average Bonchev–Trinajstić information content (AvgIpc) is 2.66. The second-order valence-corrected chi connectivity index (χ2v) is 3.75.